The van der Waals surface area contributed by atoms with Crippen LogP contribution in [0.3, 0.4) is 0 Å². The molecular formula is C15H14BrNO3. The lowest BCUT2D eigenvalue weighted by molar-refractivity contribution is -0.143. The summed E-state index contributed by atoms with van der Waals surface area (Å²) in [6.07, 6.45) is 1.88. The Labute approximate surface area is 125 Å². The van der Waals surface area contributed by atoms with Crippen LogP contribution in [-0.4, -0.2) is 23.3 Å². The molecule has 0 unspecified atom stereocenters. The molecule has 0 saturated carbocycles. The molecule has 0 N–H and O–H groups in total. The molecule has 4 nitrogen and oxygen atoms in total. The molecule has 0 saturated heterocycles. The summed E-state index contributed by atoms with van der Waals surface area (Å²) in [5.74, 6) is -0.454. The molecule has 0 bridgehead atoms. The van der Waals surface area contributed by atoms with E-state index in [0.717, 1.165) is 9.86 Å². The third-order valence-electron chi connectivity index (χ3n) is 2.88. The predicted molar refractivity (Wildman–Crippen MR) is 79.6 cm³/mol. The summed E-state index contributed by atoms with van der Waals surface area (Å²) >= 11 is 3.44. The third kappa shape index (κ3) is 3.22. The fourth-order valence-electron chi connectivity index (χ4n) is 1.95. The summed E-state index contributed by atoms with van der Waals surface area (Å²) in [6, 6.07) is 7.27. The molecule has 2 rings (SSSR count). The van der Waals surface area contributed by atoms with E-state index in [9.17, 15) is 9.59 Å². The van der Waals surface area contributed by atoms with Crippen molar-refractivity contribution < 1.29 is 14.3 Å². The van der Waals surface area contributed by atoms with Crippen LogP contribution in [0, 0.1) is 0 Å². The highest BCUT2D eigenvalue weighted by atomic mass is 79.9. The number of fused-ring (bicyclic) bond motifs is 1. The van der Waals surface area contributed by atoms with Gasteiger partial charge in [0.15, 0.2) is 5.78 Å². The Balaban J connectivity index is 2.23. The number of carbonyl (C=O) groups is 2. The second-order valence-electron chi connectivity index (χ2n) is 4.22. The van der Waals surface area contributed by atoms with Crippen LogP contribution < -0.4 is 0 Å². The van der Waals surface area contributed by atoms with E-state index in [4.69, 9.17) is 4.74 Å². The Hall–Kier alpha value is -1.75. The maximum Gasteiger partial charge on any atom is 0.306 e. The Bertz CT molecular complexity index is 655. The summed E-state index contributed by atoms with van der Waals surface area (Å²) in [7, 11) is 0. The lowest BCUT2D eigenvalue weighted by atomic mass is 10.0. The highest BCUT2D eigenvalue weighted by Gasteiger charge is 2.14. The molecule has 0 aliphatic rings. The van der Waals surface area contributed by atoms with Crippen LogP contribution in [0.4, 0.5) is 0 Å². The number of rotatable bonds is 5. The molecule has 0 amide bonds. The van der Waals surface area contributed by atoms with Gasteiger partial charge in [0.1, 0.15) is 0 Å². The van der Waals surface area contributed by atoms with Crippen LogP contribution in [0.15, 0.2) is 34.9 Å². The zero-order chi connectivity index (χ0) is 14.5. The van der Waals surface area contributed by atoms with Crippen molar-refractivity contribution in [1.82, 2.24) is 4.98 Å². The van der Waals surface area contributed by atoms with E-state index in [1.54, 1.807) is 19.2 Å². The van der Waals surface area contributed by atoms with Crippen molar-refractivity contribution in [3.05, 3.63) is 40.5 Å². The number of aromatic nitrogens is 1. The number of Topliss-reactive ketones (excluding diaryl/α,β-unsaturated/α-hetero) is 1. The number of pyridine rings is 1. The molecular weight excluding hydrogens is 322 g/mol. The minimum Gasteiger partial charge on any atom is -0.466 e. The zero-order valence-corrected chi connectivity index (χ0v) is 12.6. The van der Waals surface area contributed by atoms with Crippen molar-refractivity contribution in [3.63, 3.8) is 0 Å². The number of ether oxygens (including phenoxy) is 1. The molecule has 0 fully saturated rings. The predicted octanol–water partition coefficient (Wildman–Crippen LogP) is 3.52. The maximum atomic E-state index is 12.2. The van der Waals surface area contributed by atoms with Crippen molar-refractivity contribution in [2.75, 3.05) is 6.61 Å². The van der Waals surface area contributed by atoms with Crippen molar-refractivity contribution in [2.45, 2.75) is 19.8 Å². The Morgan fingerprint density at radius 3 is 2.80 bits per heavy atom. The first-order chi connectivity index (χ1) is 9.63. The second-order valence-corrected chi connectivity index (χ2v) is 5.08. The van der Waals surface area contributed by atoms with E-state index in [0.29, 0.717) is 17.7 Å². The zero-order valence-electron chi connectivity index (χ0n) is 11.1. The first-order valence-corrected chi connectivity index (χ1v) is 7.15. The molecule has 2 aromatic rings. The number of carbonyl (C=O) groups excluding carboxylic acids is 2. The van der Waals surface area contributed by atoms with E-state index in [1.165, 1.54) is 0 Å². The summed E-state index contributed by atoms with van der Waals surface area (Å²) in [5.41, 5.74) is 1.18. The van der Waals surface area contributed by atoms with Crippen LogP contribution in [-0.2, 0) is 9.53 Å². The molecule has 0 aliphatic heterocycles. The standard InChI is InChI=1S/C15H14BrNO3/c1-2-20-14(19)8-7-13(18)11-5-6-12(16)10-4-3-9-17-15(10)11/h3-6,9H,2,7-8H2,1H3. The molecule has 20 heavy (non-hydrogen) atoms. The third-order valence-corrected chi connectivity index (χ3v) is 3.57. The first kappa shape index (κ1) is 14.7. The smallest absolute Gasteiger partial charge is 0.306 e. The molecule has 104 valence electrons. The topological polar surface area (TPSA) is 56.3 Å². The van der Waals surface area contributed by atoms with E-state index in [-0.39, 0.29) is 24.6 Å². The lowest BCUT2D eigenvalue weighted by Crippen LogP contribution is -2.08. The van der Waals surface area contributed by atoms with Gasteiger partial charge in [-0.15, -0.1) is 0 Å². The highest BCUT2D eigenvalue weighted by Crippen LogP contribution is 2.26. The van der Waals surface area contributed by atoms with E-state index in [2.05, 4.69) is 20.9 Å². The molecule has 0 aliphatic carbocycles. The van der Waals surface area contributed by atoms with Gasteiger partial charge in [-0.2, -0.15) is 0 Å². The quantitative estimate of drug-likeness (QED) is 0.619. The molecule has 1 aromatic carbocycles. The highest BCUT2D eigenvalue weighted by molar-refractivity contribution is 9.10. The second kappa shape index (κ2) is 6.61. The van der Waals surface area contributed by atoms with Crippen LogP contribution in [0.1, 0.15) is 30.1 Å². The monoisotopic (exact) mass is 335 g/mol. The number of halogens is 1. The van der Waals surface area contributed by atoms with Crippen LogP contribution >= 0.6 is 15.9 Å². The van der Waals surface area contributed by atoms with Gasteiger partial charge in [-0.25, -0.2) is 0 Å². The summed E-state index contributed by atoms with van der Waals surface area (Å²) in [4.78, 5) is 27.8. The number of nitrogens with zero attached hydrogens (tertiary/aromatic N) is 1. The van der Waals surface area contributed by atoms with E-state index >= 15 is 0 Å². The molecule has 0 spiro atoms. The lowest BCUT2D eigenvalue weighted by Gasteiger charge is -2.06. The van der Waals surface area contributed by atoms with E-state index in [1.807, 2.05) is 18.2 Å². The van der Waals surface area contributed by atoms with Crippen molar-refractivity contribution >= 4 is 38.6 Å². The molecule has 0 radical (unpaired) electrons. The number of ketones is 1. The summed E-state index contributed by atoms with van der Waals surface area (Å²) in [6.45, 7) is 2.07. The fourth-order valence-corrected chi connectivity index (χ4v) is 2.40. The molecule has 1 heterocycles. The van der Waals surface area contributed by atoms with Gasteiger partial charge in [0.25, 0.3) is 0 Å². The summed E-state index contributed by atoms with van der Waals surface area (Å²) in [5, 5.41) is 0.884. The minimum absolute atomic E-state index is 0.0943. The number of hydrogen-bond donors (Lipinski definition) is 0. The average Bonchev–Trinajstić information content (AvgIpc) is 2.46. The summed E-state index contributed by atoms with van der Waals surface area (Å²) < 4.78 is 5.71. The Morgan fingerprint density at radius 1 is 1.25 bits per heavy atom. The molecule has 1 aromatic heterocycles. The number of esters is 1. The van der Waals surface area contributed by atoms with Gasteiger partial charge < -0.3 is 4.74 Å². The normalized spacial score (nSPS) is 10.5. The van der Waals surface area contributed by atoms with Gasteiger partial charge in [-0.3, -0.25) is 14.6 Å². The van der Waals surface area contributed by atoms with Crippen molar-refractivity contribution in [1.29, 1.82) is 0 Å². The van der Waals surface area contributed by atoms with E-state index < -0.39 is 0 Å². The SMILES string of the molecule is CCOC(=O)CCC(=O)c1ccc(Br)c2cccnc12. The Morgan fingerprint density at radius 2 is 2.05 bits per heavy atom. The largest absolute Gasteiger partial charge is 0.466 e. The fraction of sp³-hybridized carbons (Fsp3) is 0.267. The number of benzene rings is 1. The number of hydrogen-bond acceptors (Lipinski definition) is 4. The van der Waals surface area contributed by atoms with Gasteiger partial charge in [-0.05, 0) is 25.1 Å². The van der Waals surface area contributed by atoms with Gasteiger partial charge >= 0.3 is 5.97 Å². The maximum absolute atomic E-state index is 12.2. The first-order valence-electron chi connectivity index (χ1n) is 6.35. The van der Waals surface area contributed by atoms with Crippen LogP contribution in [0.25, 0.3) is 10.9 Å². The van der Waals surface area contributed by atoms with Crippen LogP contribution in [0.5, 0.6) is 0 Å². The molecule has 5 heteroatoms. The van der Waals surface area contributed by atoms with Gasteiger partial charge in [-0.1, -0.05) is 22.0 Å². The van der Waals surface area contributed by atoms with Crippen LogP contribution in [0.2, 0.25) is 0 Å². The average molecular weight is 336 g/mol. The van der Waals surface area contributed by atoms with Gasteiger partial charge in [0.05, 0.1) is 18.5 Å². The van der Waals surface area contributed by atoms with Gasteiger partial charge in [0, 0.05) is 28.0 Å². The Kier molecular flexibility index (Phi) is 4.84. The van der Waals surface area contributed by atoms with Gasteiger partial charge in [0.2, 0.25) is 0 Å². The molecule has 0 atom stereocenters. The van der Waals surface area contributed by atoms with Crippen molar-refractivity contribution in [3.8, 4) is 0 Å². The van der Waals surface area contributed by atoms with Crippen molar-refractivity contribution in [2.24, 2.45) is 0 Å². The minimum atomic E-state index is -0.352.